The third-order valence-corrected chi connectivity index (χ3v) is 8.84. The Morgan fingerprint density at radius 2 is 1.16 bits per heavy atom. The minimum atomic E-state index is -0.675. The Balaban J connectivity index is 0.000000199. The highest BCUT2D eigenvalue weighted by molar-refractivity contribution is 9.10. The van der Waals surface area contributed by atoms with Crippen molar-refractivity contribution in [3.05, 3.63) is 158 Å². The molecule has 0 bridgehead atoms. The molecule has 2 aromatic heterocycles. The number of fused-ring (bicyclic) bond motifs is 2. The van der Waals surface area contributed by atoms with E-state index in [9.17, 15) is 32.8 Å². The number of nitrogens with one attached hydrogen (secondary N) is 1. The number of nitrogens with zero attached hydrogens (tertiary/aromatic N) is 3. The van der Waals surface area contributed by atoms with Gasteiger partial charge in [-0.25, -0.2) is 18.4 Å². The Hall–Kier alpha value is -4.75. The molecular weight excluding hydrogens is 766 g/mol. The van der Waals surface area contributed by atoms with Crippen LogP contribution in [0.1, 0.15) is 31.9 Å². The molecule has 0 amide bonds. The van der Waals surface area contributed by atoms with Gasteiger partial charge in [-0.2, -0.15) is 0 Å². The lowest BCUT2D eigenvalue weighted by Gasteiger charge is -2.19. The summed E-state index contributed by atoms with van der Waals surface area (Å²) >= 11 is 6.68. The van der Waals surface area contributed by atoms with E-state index < -0.39 is 39.5 Å². The first-order chi connectivity index (χ1) is 23.1. The number of halogens is 4. The van der Waals surface area contributed by atoms with Crippen molar-refractivity contribution in [3.63, 3.8) is 0 Å². The van der Waals surface area contributed by atoms with Crippen molar-refractivity contribution in [1.82, 2.24) is 18.7 Å². The van der Waals surface area contributed by atoms with Gasteiger partial charge in [0, 0.05) is 14.4 Å². The SMILES string of the molecule is CC(C)(C)C(=O)Cn1c(=O)n(Cc2ccc(Br)cc2)c(=O)c2ccc(F)cc21.O=c1[nH]c2cc(F)ccc2c(=O)n1Cc1ccc(Br)cc1. The van der Waals surface area contributed by atoms with Gasteiger partial charge < -0.3 is 4.98 Å². The molecule has 13 heteroatoms. The number of rotatable bonds is 6. The maximum Gasteiger partial charge on any atom is 0.332 e. The summed E-state index contributed by atoms with van der Waals surface area (Å²) in [6.45, 7) is 5.24. The molecule has 0 radical (unpaired) electrons. The van der Waals surface area contributed by atoms with E-state index in [1.54, 1.807) is 32.9 Å². The quantitative estimate of drug-likeness (QED) is 0.211. The Bertz CT molecular complexity index is 2440. The van der Waals surface area contributed by atoms with Crippen LogP contribution in [0.2, 0.25) is 0 Å². The number of carbonyl (C=O) groups is 1. The number of ketones is 1. The highest BCUT2D eigenvalue weighted by atomic mass is 79.9. The van der Waals surface area contributed by atoms with Crippen LogP contribution >= 0.6 is 31.9 Å². The topological polar surface area (TPSA) is 116 Å². The van der Waals surface area contributed by atoms with Crippen LogP contribution in [0.25, 0.3) is 21.8 Å². The summed E-state index contributed by atoms with van der Waals surface area (Å²) < 4.78 is 32.1. The maximum atomic E-state index is 13.8. The third kappa shape index (κ3) is 8.11. The highest BCUT2D eigenvalue weighted by Gasteiger charge is 2.24. The van der Waals surface area contributed by atoms with Gasteiger partial charge in [-0.05, 0) is 71.8 Å². The number of aromatic nitrogens is 4. The Morgan fingerprint density at radius 1 is 0.673 bits per heavy atom. The molecule has 0 atom stereocenters. The lowest BCUT2D eigenvalue weighted by molar-refractivity contribution is -0.126. The van der Waals surface area contributed by atoms with Crippen LogP contribution in [-0.4, -0.2) is 24.5 Å². The minimum Gasteiger partial charge on any atom is -0.307 e. The van der Waals surface area contributed by atoms with E-state index in [0.29, 0.717) is 0 Å². The van der Waals surface area contributed by atoms with E-state index in [-0.39, 0.29) is 47.2 Å². The molecular formula is C36H30Br2F2N4O5. The third-order valence-electron chi connectivity index (χ3n) is 7.78. The van der Waals surface area contributed by atoms with Crippen molar-refractivity contribution in [2.75, 3.05) is 0 Å². The zero-order valence-corrected chi connectivity index (χ0v) is 29.8. The molecule has 0 aliphatic heterocycles. The van der Waals surface area contributed by atoms with Gasteiger partial charge in [-0.3, -0.25) is 28.1 Å². The van der Waals surface area contributed by atoms with Gasteiger partial charge in [0.2, 0.25) is 0 Å². The molecule has 6 aromatic rings. The molecule has 0 fully saturated rings. The lowest BCUT2D eigenvalue weighted by atomic mass is 9.91. The second-order valence-corrected chi connectivity index (χ2v) is 14.2. The van der Waals surface area contributed by atoms with E-state index in [2.05, 4.69) is 36.8 Å². The minimum absolute atomic E-state index is 0.0575. The summed E-state index contributed by atoms with van der Waals surface area (Å²) in [6.07, 6.45) is 0. The smallest absolute Gasteiger partial charge is 0.307 e. The van der Waals surface area contributed by atoms with Crippen LogP contribution in [0.15, 0.2) is 113 Å². The van der Waals surface area contributed by atoms with Crippen LogP contribution in [0, 0.1) is 17.0 Å². The van der Waals surface area contributed by atoms with Gasteiger partial charge in [-0.15, -0.1) is 0 Å². The van der Waals surface area contributed by atoms with Gasteiger partial charge in [0.1, 0.15) is 11.6 Å². The molecule has 0 unspecified atom stereocenters. The Kier molecular flexibility index (Phi) is 10.4. The number of carbonyl (C=O) groups excluding carboxylic acids is 1. The normalized spacial score (nSPS) is 11.4. The molecule has 0 aliphatic carbocycles. The van der Waals surface area contributed by atoms with E-state index in [1.165, 1.54) is 28.8 Å². The van der Waals surface area contributed by atoms with Crippen LogP contribution in [0.3, 0.4) is 0 Å². The molecule has 6 rings (SSSR count). The summed E-state index contributed by atoms with van der Waals surface area (Å²) in [5, 5.41) is 0.480. The molecule has 0 spiro atoms. The molecule has 0 saturated carbocycles. The summed E-state index contributed by atoms with van der Waals surface area (Å²) in [5.74, 6) is -1.26. The average molecular weight is 796 g/mol. The largest absolute Gasteiger partial charge is 0.332 e. The number of H-pyrrole nitrogens is 1. The predicted octanol–water partition coefficient (Wildman–Crippen LogP) is 6.37. The molecule has 4 aromatic carbocycles. The fourth-order valence-corrected chi connectivity index (χ4v) is 5.51. The van der Waals surface area contributed by atoms with Gasteiger partial charge in [0.25, 0.3) is 11.1 Å². The molecule has 2 heterocycles. The van der Waals surface area contributed by atoms with E-state index in [1.807, 2.05) is 36.4 Å². The van der Waals surface area contributed by atoms with E-state index >= 15 is 0 Å². The first kappa shape index (κ1) is 35.6. The van der Waals surface area contributed by atoms with Crippen molar-refractivity contribution in [1.29, 1.82) is 0 Å². The molecule has 9 nitrogen and oxygen atoms in total. The van der Waals surface area contributed by atoms with E-state index in [0.717, 1.165) is 41.3 Å². The summed E-state index contributed by atoms with van der Waals surface area (Å²) in [6, 6.07) is 21.9. The van der Waals surface area contributed by atoms with Gasteiger partial charge in [-0.1, -0.05) is 76.9 Å². The van der Waals surface area contributed by atoms with Gasteiger partial charge >= 0.3 is 11.4 Å². The fraction of sp³-hybridized carbons (Fsp3) is 0.194. The fourth-order valence-electron chi connectivity index (χ4n) is 4.98. The van der Waals surface area contributed by atoms with Crippen molar-refractivity contribution < 1.29 is 13.6 Å². The number of hydrogen-bond acceptors (Lipinski definition) is 5. The number of Topliss-reactive ketones (excluding diaryl/α,β-unsaturated/α-hetero) is 1. The highest BCUT2D eigenvalue weighted by Crippen LogP contribution is 2.18. The molecule has 1 N–H and O–H groups in total. The molecule has 0 saturated heterocycles. The van der Waals surface area contributed by atoms with Crippen LogP contribution in [-0.2, 0) is 24.4 Å². The Labute approximate surface area is 294 Å². The zero-order chi connectivity index (χ0) is 35.6. The maximum absolute atomic E-state index is 13.8. The average Bonchev–Trinajstić information content (AvgIpc) is 3.04. The van der Waals surface area contributed by atoms with Crippen LogP contribution in [0.5, 0.6) is 0 Å². The van der Waals surface area contributed by atoms with Crippen LogP contribution < -0.4 is 22.5 Å². The number of hydrogen-bond donors (Lipinski definition) is 1. The number of aromatic amines is 1. The standard InChI is InChI=1S/C21H20BrFN2O3.C15H10BrFN2O2/c1-21(2,3)18(26)12-24-17-10-15(23)8-9-16(17)19(27)25(20(24)28)11-13-4-6-14(22)7-5-13;16-10-3-1-9(2-4-10)8-19-14(20)12-6-5-11(17)7-13(12)18-15(19)21/h4-10H,11-12H2,1-3H3;1-7H,8H2,(H,18,21). The Morgan fingerprint density at radius 3 is 1.71 bits per heavy atom. The summed E-state index contributed by atoms with van der Waals surface area (Å²) in [5.41, 5.74) is -0.892. The van der Waals surface area contributed by atoms with Gasteiger partial charge in [0.05, 0.1) is 41.4 Å². The number of benzene rings is 4. The molecule has 49 heavy (non-hydrogen) atoms. The predicted molar refractivity (Wildman–Crippen MR) is 192 cm³/mol. The summed E-state index contributed by atoms with van der Waals surface area (Å²) in [4.78, 5) is 65.4. The monoisotopic (exact) mass is 794 g/mol. The van der Waals surface area contributed by atoms with Crippen molar-refractivity contribution in [2.24, 2.45) is 5.41 Å². The van der Waals surface area contributed by atoms with Crippen molar-refractivity contribution in [3.8, 4) is 0 Å². The van der Waals surface area contributed by atoms with E-state index in [4.69, 9.17) is 0 Å². The molecule has 252 valence electrons. The first-order valence-corrected chi connectivity index (χ1v) is 16.6. The lowest BCUT2D eigenvalue weighted by Crippen LogP contribution is -2.42. The second kappa shape index (κ2) is 14.4. The molecule has 0 aliphatic rings. The van der Waals surface area contributed by atoms with Crippen LogP contribution in [0.4, 0.5) is 8.78 Å². The van der Waals surface area contributed by atoms with Crippen molar-refractivity contribution in [2.45, 2.75) is 40.4 Å². The van der Waals surface area contributed by atoms with Gasteiger partial charge in [0.15, 0.2) is 5.78 Å². The van der Waals surface area contributed by atoms with Crippen molar-refractivity contribution >= 4 is 59.4 Å². The first-order valence-electron chi connectivity index (χ1n) is 15.0. The second-order valence-electron chi connectivity index (χ2n) is 12.4. The summed E-state index contributed by atoms with van der Waals surface area (Å²) in [7, 11) is 0. The zero-order valence-electron chi connectivity index (χ0n) is 26.6.